The Morgan fingerprint density at radius 3 is 2.06 bits per heavy atom. The second-order valence-electron chi connectivity index (χ2n) is 11.2. The van der Waals surface area contributed by atoms with E-state index in [-0.39, 0.29) is 12.2 Å². The zero-order chi connectivity index (χ0) is 33.3. The van der Waals surface area contributed by atoms with Gasteiger partial charge in [-0.05, 0) is 86.3 Å². The topological polar surface area (TPSA) is 108 Å². The van der Waals surface area contributed by atoms with E-state index in [1.165, 1.54) is 0 Å². The Morgan fingerprint density at radius 1 is 0.787 bits per heavy atom. The van der Waals surface area contributed by atoms with Crippen LogP contribution in [0, 0.1) is 5.41 Å². The molecule has 0 atom stereocenters. The smallest absolute Gasteiger partial charge is 0.343 e. The molecule has 0 N–H and O–H groups in total. The Balaban J connectivity index is 1.09. The van der Waals surface area contributed by atoms with E-state index in [1.54, 1.807) is 66.7 Å². The molecule has 0 radical (unpaired) electrons. The van der Waals surface area contributed by atoms with Crippen LogP contribution in [0.15, 0.2) is 79.4 Å². The summed E-state index contributed by atoms with van der Waals surface area (Å²) >= 11 is 6.37. The van der Waals surface area contributed by atoms with Crippen LogP contribution in [-0.2, 0) is 19.0 Å². The highest BCUT2D eigenvalue weighted by Crippen LogP contribution is 2.30. The summed E-state index contributed by atoms with van der Waals surface area (Å²) in [6.45, 7) is 9.74. The number of carbonyl (C=O) groups is 2. The van der Waals surface area contributed by atoms with Gasteiger partial charge in [0.2, 0.25) is 6.79 Å². The first kappa shape index (κ1) is 35.6. The number of carbonyl (C=O) groups excluding carboxylic acids is 2. The lowest BCUT2D eigenvalue weighted by Crippen LogP contribution is -2.43. The molecular weight excluding hydrogens is 628 g/mol. The third kappa shape index (κ3) is 12.5. The molecule has 1 saturated heterocycles. The average Bonchev–Trinajstić information content (AvgIpc) is 3.06. The fourth-order valence-corrected chi connectivity index (χ4v) is 4.50. The number of esters is 2. The number of unbranched alkanes of at least 4 members (excludes halogenated alkanes) is 2. The quantitative estimate of drug-likeness (QED) is 0.0384. The molecule has 252 valence electrons. The van der Waals surface area contributed by atoms with E-state index < -0.39 is 11.9 Å². The maximum absolute atomic E-state index is 12.6. The van der Waals surface area contributed by atoms with Crippen LogP contribution in [0.4, 0.5) is 0 Å². The molecule has 10 nitrogen and oxygen atoms in total. The number of hydrogen-bond acceptors (Lipinski definition) is 10. The minimum atomic E-state index is -0.500. The number of ether oxygens (including phenoxy) is 8. The average molecular weight is 669 g/mol. The lowest BCUT2D eigenvalue weighted by molar-refractivity contribution is -0.138. The summed E-state index contributed by atoms with van der Waals surface area (Å²) in [4.78, 5) is 23.6. The molecule has 1 fully saturated rings. The summed E-state index contributed by atoms with van der Waals surface area (Å²) in [7, 11) is 0. The van der Waals surface area contributed by atoms with Crippen LogP contribution in [-0.4, -0.2) is 65.0 Å². The summed E-state index contributed by atoms with van der Waals surface area (Å²) in [5.41, 5.74) is 0.551. The third-order valence-corrected chi connectivity index (χ3v) is 7.28. The van der Waals surface area contributed by atoms with Gasteiger partial charge in [0.15, 0.2) is 0 Å². The molecule has 0 aromatic heterocycles. The molecule has 0 spiro atoms. The van der Waals surface area contributed by atoms with Gasteiger partial charge >= 0.3 is 11.9 Å². The molecule has 1 aliphatic rings. The lowest BCUT2D eigenvalue weighted by Gasteiger charge is -2.37. The van der Waals surface area contributed by atoms with Gasteiger partial charge in [0, 0.05) is 24.2 Å². The Hall–Kier alpha value is -4.25. The summed E-state index contributed by atoms with van der Waals surface area (Å²) in [5, 5.41) is 0.450. The Kier molecular flexibility index (Phi) is 14.2. The summed E-state index contributed by atoms with van der Waals surface area (Å²) in [6, 6.07) is 18.5. The summed E-state index contributed by atoms with van der Waals surface area (Å²) < 4.78 is 44.2. The molecule has 3 aromatic carbocycles. The van der Waals surface area contributed by atoms with Crippen LogP contribution < -0.4 is 23.7 Å². The second kappa shape index (κ2) is 18.8. The predicted octanol–water partition coefficient (Wildman–Crippen LogP) is 7.07. The van der Waals surface area contributed by atoms with E-state index in [1.807, 2.05) is 0 Å². The maximum Gasteiger partial charge on any atom is 0.343 e. The minimum absolute atomic E-state index is 0.0436. The van der Waals surface area contributed by atoms with Crippen molar-refractivity contribution in [1.82, 2.24) is 0 Å². The van der Waals surface area contributed by atoms with Crippen LogP contribution >= 0.6 is 11.6 Å². The molecule has 3 aromatic rings. The number of halogens is 1. The van der Waals surface area contributed by atoms with Gasteiger partial charge in [-0.2, -0.15) is 0 Å². The first-order valence-corrected chi connectivity index (χ1v) is 15.9. The van der Waals surface area contributed by atoms with Crippen molar-refractivity contribution in [3.8, 4) is 28.7 Å². The zero-order valence-corrected chi connectivity index (χ0v) is 27.3. The molecule has 0 unspecified atom stereocenters. The van der Waals surface area contributed by atoms with Gasteiger partial charge < -0.3 is 37.9 Å². The van der Waals surface area contributed by atoms with Gasteiger partial charge in [-0.3, -0.25) is 0 Å². The maximum atomic E-state index is 12.6. The van der Waals surface area contributed by atoms with Gasteiger partial charge in [0.1, 0.15) is 28.7 Å². The molecule has 0 amide bonds. The number of hydrogen-bond donors (Lipinski definition) is 0. The summed E-state index contributed by atoms with van der Waals surface area (Å²) in [6.07, 6.45) is 4.28. The van der Waals surface area contributed by atoms with E-state index in [2.05, 4.69) is 13.5 Å². The standard InChI is InChI=1S/C36H41ClO10/c1-3-34(38)44-21-7-6-19-42-28-10-8-27(9-11-28)35(39)47-30-14-12-29(13-15-30)45-26-46-31-16-17-33(32(37)22-31)43-20-5-4-18-40-23-36(2)24-41-25-36/h3,8-17,22H,1,4-7,18-21,23-26H2,2H3. The highest BCUT2D eigenvalue weighted by atomic mass is 35.5. The SMILES string of the molecule is C=CC(=O)OCCCCOc1ccc(C(=O)Oc2ccc(OCOc3ccc(OCCCCOCC4(C)COC4)c(Cl)c3)cc2)cc1. The predicted molar refractivity (Wildman–Crippen MR) is 176 cm³/mol. The molecule has 11 heteroatoms. The van der Waals surface area contributed by atoms with Crippen molar-refractivity contribution in [1.29, 1.82) is 0 Å². The zero-order valence-electron chi connectivity index (χ0n) is 26.6. The van der Waals surface area contributed by atoms with Crippen molar-refractivity contribution in [3.63, 3.8) is 0 Å². The Labute approximate surface area is 280 Å². The van der Waals surface area contributed by atoms with Crippen LogP contribution in [0.1, 0.15) is 43.0 Å². The van der Waals surface area contributed by atoms with E-state index in [0.29, 0.717) is 78.6 Å². The third-order valence-electron chi connectivity index (χ3n) is 6.99. The van der Waals surface area contributed by atoms with Crippen LogP contribution in [0.2, 0.25) is 5.02 Å². The molecule has 0 bridgehead atoms. The van der Waals surface area contributed by atoms with Gasteiger partial charge in [-0.15, -0.1) is 0 Å². The van der Waals surface area contributed by atoms with Gasteiger partial charge in [-0.1, -0.05) is 25.1 Å². The molecule has 4 rings (SSSR count). The highest BCUT2D eigenvalue weighted by Gasteiger charge is 2.33. The van der Waals surface area contributed by atoms with Gasteiger partial charge in [-0.25, -0.2) is 9.59 Å². The molecule has 47 heavy (non-hydrogen) atoms. The van der Waals surface area contributed by atoms with E-state index >= 15 is 0 Å². The van der Waals surface area contributed by atoms with E-state index in [0.717, 1.165) is 38.7 Å². The fourth-order valence-electron chi connectivity index (χ4n) is 4.28. The van der Waals surface area contributed by atoms with E-state index in [9.17, 15) is 9.59 Å². The number of rotatable bonds is 21. The van der Waals surface area contributed by atoms with E-state index in [4.69, 9.17) is 49.5 Å². The van der Waals surface area contributed by atoms with Crippen molar-refractivity contribution in [2.45, 2.75) is 32.6 Å². The lowest BCUT2D eigenvalue weighted by atomic mass is 9.90. The van der Waals surface area contributed by atoms with Gasteiger partial charge in [0.05, 0.1) is 50.2 Å². The van der Waals surface area contributed by atoms with Gasteiger partial charge in [0.25, 0.3) is 0 Å². The van der Waals surface area contributed by atoms with Crippen LogP contribution in [0.25, 0.3) is 0 Å². The molecular formula is C36H41ClO10. The Bertz CT molecular complexity index is 1420. The second-order valence-corrected chi connectivity index (χ2v) is 11.6. The largest absolute Gasteiger partial charge is 0.494 e. The first-order chi connectivity index (χ1) is 22.8. The van der Waals surface area contributed by atoms with Crippen LogP contribution in [0.3, 0.4) is 0 Å². The van der Waals surface area contributed by atoms with Crippen molar-refractivity contribution >= 4 is 23.5 Å². The normalized spacial score (nSPS) is 13.1. The van der Waals surface area contributed by atoms with Crippen molar-refractivity contribution in [2.24, 2.45) is 5.41 Å². The monoisotopic (exact) mass is 668 g/mol. The molecule has 0 saturated carbocycles. The molecule has 1 aliphatic heterocycles. The number of benzene rings is 3. The van der Waals surface area contributed by atoms with Crippen molar-refractivity contribution < 1.29 is 47.5 Å². The molecule has 0 aliphatic carbocycles. The molecule has 1 heterocycles. The first-order valence-electron chi connectivity index (χ1n) is 15.5. The minimum Gasteiger partial charge on any atom is -0.494 e. The van der Waals surface area contributed by atoms with Crippen LogP contribution in [0.5, 0.6) is 28.7 Å². The Morgan fingerprint density at radius 2 is 1.38 bits per heavy atom. The van der Waals surface area contributed by atoms with Crippen molar-refractivity contribution in [3.05, 3.63) is 90.0 Å². The van der Waals surface area contributed by atoms with Crippen molar-refractivity contribution in [2.75, 3.05) is 53.0 Å². The highest BCUT2D eigenvalue weighted by molar-refractivity contribution is 6.32. The summed E-state index contributed by atoms with van der Waals surface area (Å²) in [5.74, 6) is 1.72. The fraction of sp³-hybridized carbons (Fsp3) is 0.389.